The van der Waals surface area contributed by atoms with Crippen molar-refractivity contribution < 1.29 is 17.6 Å². The minimum atomic E-state index is -3.69. The smallest absolute Gasteiger partial charge is 0.239 e. The minimum absolute atomic E-state index is 0.0416. The molecule has 3 rings (SSSR count). The molecule has 0 unspecified atom stereocenters. The number of hydrazine groups is 1. The van der Waals surface area contributed by atoms with Gasteiger partial charge in [0.15, 0.2) is 9.84 Å². The Morgan fingerprint density at radius 3 is 2.44 bits per heavy atom. The summed E-state index contributed by atoms with van der Waals surface area (Å²) < 4.78 is 37.9. The van der Waals surface area contributed by atoms with Crippen molar-refractivity contribution in [2.24, 2.45) is 0 Å². The Balaban J connectivity index is 1.59. The summed E-state index contributed by atoms with van der Waals surface area (Å²) in [6.45, 7) is 0. The molecule has 2 N–H and O–H groups in total. The maximum atomic E-state index is 12.9. The van der Waals surface area contributed by atoms with E-state index >= 15 is 0 Å². The summed E-state index contributed by atoms with van der Waals surface area (Å²) in [5, 5.41) is 1.27. The van der Waals surface area contributed by atoms with Crippen LogP contribution in [0.25, 0.3) is 10.2 Å². The van der Waals surface area contributed by atoms with Gasteiger partial charge in [-0.25, -0.2) is 17.8 Å². The van der Waals surface area contributed by atoms with Crippen LogP contribution in [0.15, 0.2) is 41.3 Å². The summed E-state index contributed by atoms with van der Waals surface area (Å²) in [7, 11) is -3.69. The molecule has 0 saturated carbocycles. The van der Waals surface area contributed by atoms with Crippen molar-refractivity contribution in [1.82, 2.24) is 10.4 Å². The van der Waals surface area contributed by atoms with Gasteiger partial charge in [-0.1, -0.05) is 34.5 Å². The fourth-order valence-corrected chi connectivity index (χ4v) is 4.79. The van der Waals surface area contributed by atoms with Crippen LogP contribution in [-0.4, -0.2) is 25.1 Å². The highest BCUT2D eigenvalue weighted by molar-refractivity contribution is 7.91. The van der Waals surface area contributed by atoms with Crippen LogP contribution in [0.3, 0.4) is 0 Å². The number of nitrogens with zero attached hydrogens (tertiary/aromatic N) is 1. The van der Waals surface area contributed by atoms with Crippen molar-refractivity contribution in [1.29, 1.82) is 0 Å². The maximum absolute atomic E-state index is 12.9. The molecule has 6 nitrogen and oxygen atoms in total. The third kappa shape index (κ3) is 4.67. The number of sulfone groups is 1. The van der Waals surface area contributed by atoms with E-state index in [1.54, 1.807) is 12.1 Å². The number of benzene rings is 2. The number of halogens is 3. The first-order valence-electron chi connectivity index (χ1n) is 7.54. The summed E-state index contributed by atoms with van der Waals surface area (Å²) in [6.07, 6.45) is -0.279. The number of hydrogen-bond donors (Lipinski definition) is 2. The number of anilines is 1. The first kappa shape index (κ1) is 19.8. The lowest BCUT2D eigenvalue weighted by Gasteiger charge is -2.06. The molecule has 142 valence electrons. The number of carbonyl (C=O) groups is 1. The monoisotopic (exact) mass is 447 g/mol. The van der Waals surface area contributed by atoms with Crippen molar-refractivity contribution >= 4 is 65.6 Å². The second-order valence-corrected chi connectivity index (χ2v) is 9.34. The lowest BCUT2D eigenvalue weighted by molar-refractivity contribution is -0.120. The van der Waals surface area contributed by atoms with Crippen molar-refractivity contribution in [3.05, 3.63) is 52.3 Å². The number of nitrogens with one attached hydrogen (secondary N) is 2. The van der Waals surface area contributed by atoms with Gasteiger partial charge in [0.05, 0.1) is 25.4 Å². The van der Waals surface area contributed by atoms with Crippen molar-refractivity contribution in [2.75, 3.05) is 11.2 Å². The predicted octanol–water partition coefficient (Wildman–Crippen LogP) is 4.05. The van der Waals surface area contributed by atoms with Gasteiger partial charge >= 0.3 is 0 Å². The number of fused-ring (bicyclic) bond motifs is 1. The fraction of sp³-hybridized carbons (Fsp3) is 0.125. The predicted molar refractivity (Wildman–Crippen MR) is 104 cm³/mol. The standard InChI is InChI=1S/C16H12Cl2FN3O3S2/c17-11-5-6-12(18)15-14(11)20-16(26-15)22-21-13(23)7-8-27(24,25)10-3-1-9(19)2-4-10/h1-6H,7-8H2,(H,20,22)(H,21,23). The van der Waals surface area contributed by atoms with E-state index in [-0.39, 0.29) is 11.3 Å². The second kappa shape index (κ2) is 7.97. The van der Waals surface area contributed by atoms with Gasteiger partial charge in [0.25, 0.3) is 0 Å². The highest BCUT2D eigenvalue weighted by Gasteiger charge is 2.17. The lowest BCUT2D eigenvalue weighted by atomic mass is 10.3. The Morgan fingerprint density at radius 1 is 1.11 bits per heavy atom. The SMILES string of the molecule is O=C(CCS(=O)(=O)c1ccc(F)cc1)NNc1nc2c(Cl)ccc(Cl)c2s1. The second-order valence-electron chi connectivity index (χ2n) is 5.42. The minimum Gasteiger partial charge on any atom is -0.273 e. The summed E-state index contributed by atoms with van der Waals surface area (Å²) >= 11 is 13.3. The van der Waals surface area contributed by atoms with Crippen molar-refractivity contribution in [3.63, 3.8) is 0 Å². The van der Waals surface area contributed by atoms with Gasteiger partial charge in [0.2, 0.25) is 11.0 Å². The van der Waals surface area contributed by atoms with E-state index in [2.05, 4.69) is 15.8 Å². The largest absolute Gasteiger partial charge is 0.273 e. The van der Waals surface area contributed by atoms with E-state index in [9.17, 15) is 17.6 Å². The molecule has 0 atom stereocenters. The molecule has 11 heteroatoms. The molecule has 0 aliphatic rings. The molecule has 0 spiro atoms. The number of amides is 1. The van der Waals surface area contributed by atoms with E-state index in [0.717, 1.165) is 24.3 Å². The normalized spacial score (nSPS) is 11.5. The molecule has 0 bridgehead atoms. The number of aromatic nitrogens is 1. The van der Waals surface area contributed by atoms with Crippen molar-refractivity contribution in [3.8, 4) is 0 Å². The van der Waals surface area contributed by atoms with Crippen LogP contribution < -0.4 is 10.9 Å². The van der Waals surface area contributed by atoms with Gasteiger partial charge in [0, 0.05) is 6.42 Å². The molecule has 1 amide bonds. The van der Waals surface area contributed by atoms with Gasteiger partial charge < -0.3 is 0 Å². The first-order chi connectivity index (χ1) is 12.8. The number of hydrogen-bond acceptors (Lipinski definition) is 6. The van der Waals surface area contributed by atoms with E-state index in [1.807, 2.05) is 0 Å². The Hall–Kier alpha value is -1.94. The Kier molecular flexibility index (Phi) is 5.85. The zero-order valence-corrected chi connectivity index (χ0v) is 16.6. The number of carbonyl (C=O) groups excluding carboxylic acids is 1. The third-order valence-corrected chi connectivity index (χ3v) is 6.99. The molecular weight excluding hydrogens is 436 g/mol. The van der Waals surface area contributed by atoms with Crippen LogP contribution in [0, 0.1) is 5.82 Å². The van der Waals surface area contributed by atoms with Crippen LogP contribution in [-0.2, 0) is 14.6 Å². The van der Waals surface area contributed by atoms with E-state index in [0.29, 0.717) is 25.4 Å². The molecule has 0 saturated heterocycles. The number of thiazole rings is 1. The lowest BCUT2D eigenvalue weighted by Crippen LogP contribution is -2.30. The molecule has 1 heterocycles. The van der Waals surface area contributed by atoms with E-state index in [4.69, 9.17) is 23.2 Å². The zero-order valence-electron chi connectivity index (χ0n) is 13.5. The van der Waals surface area contributed by atoms with Crippen LogP contribution in [0.1, 0.15) is 6.42 Å². The molecule has 0 radical (unpaired) electrons. The van der Waals surface area contributed by atoms with Gasteiger partial charge in [-0.3, -0.25) is 15.6 Å². The molecule has 0 aliphatic heterocycles. The summed E-state index contributed by atoms with van der Waals surface area (Å²) in [4.78, 5) is 16.1. The first-order valence-corrected chi connectivity index (χ1v) is 10.8. The average molecular weight is 448 g/mol. The quantitative estimate of drug-likeness (QED) is 0.439. The molecule has 27 heavy (non-hydrogen) atoms. The third-order valence-electron chi connectivity index (χ3n) is 3.53. The van der Waals surface area contributed by atoms with Gasteiger partial charge in [0.1, 0.15) is 11.3 Å². The van der Waals surface area contributed by atoms with E-state index in [1.165, 1.54) is 11.3 Å². The van der Waals surface area contributed by atoms with Gasteiger partial charge in [-0.2, -0.15) is 0 Å². The van der Waals surface area contributed by atoms with Crippen LogP contribution in [0.5, 0.6) is 0 Å². The topological polar surface area (TPSA) is 88.2 Å². The van der Waals surface area contributed by atoms with Crippen LogP contribution >= 0.6 is 34.5 Å². The molecule has 1 aromatic heterocycles. The molecule has 0 aliphatic carbocycles. The van der Waals surface area contributed by atoms with Gasteiger partial charge in [-0.15, -0.1) is 0 Å². The Labute approximate surface area is 168 Å². The summed E-state index contributed by atoms with van der Waals surface area (Å²) in [5.74, 6) is -1.49. The van der Waals surface area contributed by atoms with Crippen molar-refractivity contribution in [2.45, 2.75) is 11.3 Å². The highest BCUT2D eigenvalue weighted by Crippen LogP contribution is 2.35. The Bertz CT molecular complexity index is 1060. The van der Waals surface area contributed by atoms with E-state index < -0.39 is 27.3 Å². The fourth-order valence-electron chi connectivity index (χ4n) is 2.17. The summed E-state index contributed by atoms with van der Waals surface area (Å²) in [5.41, 5.74) is 5.50. The number of rotatable bonds is 6. The van der Waals surface area contributed by atoms with Crippen LogP contribution in [0.2, 0.25) is 10.0 Å². The molecule has 0 fully saturated rings. The average Bonchev–Trinajstić information content (AvgIpc) is 3.07. The Morgan fingerprint density at radius 2 is 1.78 bits per heavy atom. The molecular formula is C16H12Cl2FN3O3S2. The molecule has 3 aromatic rings. The van der Waals surface area contributed by atoms with Gasteiger partial charge in [-0.05, 0) is 36.4 Å². The maximum Gasteiger partial charge on any atom is 0.239 e. The van der Waals surface area contributed by atoms with Crippen LogP contribution in [0.4, 0.5) is 9.52 Å². The summed E-state index contributed by atoms with van der Waals surface area (Å²) in [6, 6.07) is 7.70. The molecule has 2 aromatic carbocycles. The zero-order chi connectivity index (χ0) is 19.6. The highest BCUT2D eigenvalue weighted by atomic mass is 35.5.